The lowest BCUT2D eigenvalue weighted by atomic mass is 9.89. The zero-order valence-corrected chi connectivity index (χ0v) is 34.8. The van der Waals surface area contributed by atoms with Crippen molar-refractivity contribution < 1.29 is 0 Å². The van der Waals surface area contributed by atoms with E-state index in [4.69, 9.17) is 0 Å². The average Bonchev–Trinajstić information content (AvgIpc) is 4.00. The van der Waals surface area contributed by atoms with Gasteiger partial charge in [-0.2, -0.15) is 0 Å². The summed E-state index contributed by atoms with van der Waals surface area (Å²) in [6.07, 6.45) is 0. The van der Waals surface area contributed by atoms with Gasteiger partial charge in [-0.25, -0.2) is 0 Å². The molecule has 0 fully saturated rings. The van der Waals surface area contributed by atoms with Gasteiger partial charge in [0.15, 0.2) is 0 Å². The molecule has 2 nitrogen and oxygen atoms in total. The molecule has 11 aromatic carbocycles. The van der Waals surface area contributed by atoms with Crippen molar-refractivity contribution in [2.24, 2.45) is 0 Å². The molecule has 0 aliphatic heterocycles. The van der Waals surface area contributed by atoms with Crippen molar-refractivity contribution >= 4 is 65.2 Å². The molecule has 1 aliphatic rings. The summed E-state index contributed by atoms with van der Waals surface area (Å²) < 4.78 is 4.83. The minimum Gasteiger partial charge on any atom is -0.309 e. The average molecular weight is 811 g/mol. The molecule has 296 valence electrons. The third-order valence-electron chi connectivity index (χ3n) is 13.8. The van der Waals surface area contributed by atoms with Gasteiger partial charge in [0, 0.05) is 32.9 Å². The van der Waals surface area contributed by atoms with Crippen LogP contribution in [0.1, 0.15) is 0 Å². The normalized spacial score (nSPS) is 12.1. The van der Waals surface area contributed by atoms with Gasteiger partial charge in [-0.15, -0.1) is 0 Å². The standard InChI is InChI=1S/C62H38N2/c1-3-15-45(16-4-1)63-57-24-11-9-20-49(57)51-29-27-40(37-59(51)63)42-34-43(41-28-30-52-50-21-10-12-25-58(50)64(60(52)38-41)46-17-5-2-6-18-46)36-44(35-42)47-32-33-56-61-48-19-8-7-14-39(48)26-31-55(61)54-23-13-22-53(47)62(54)56/h1-38H. The highest BCUT2D eigenvalue weighted by Gasteiger charge is 2.25. The summed E-state index contributed by atoms with van der Waals surface area (Å²) in [7, 11) is 0. The maximum absolute atomic E-state index is 2.42. The van der Waals surface area contributed by atoms with Crippen LogP contribution in [0, 0.1) is 0 Å². The van der Waals surface area contributed by atoms with Crippen molar-refractivity contribution in [1.82, 2.24) is 9.13 Å². The first-order valence-corrected chi connectivity index (χ1v) is 22.2. The lowest BCUT2D eigenvalue weighted by Crippen LogP contribution is -1.94. The smallest absolute Gasteiger partial charge is 0.0547 e. The van der Waals surface area contributed by atoms with Crippen molar-refractivity contribution in [3.05, 3.63) is 231 Å². The molecule has 0 bridgehead atoms. The summed E-state index contributed by atoms with van der Waals surface area (Å²) in [5.74, 6) is 0. The molecule has 13 aromatic rings. The monoisotopic (exact) mass is 810 g/mol. The number of hydrogen-bond donors (Lipinski definition) is 0. The molecule has 64 heavy (non-hydrogen) atoms. The molecule has 0 saturated heterocycles. The lowest BCUT2D eigenvalue weighted by Gasteiger charge is -2.15. The number of para-hydroxylation sites is 4. The summed E-state index contributed by atoms with van der Waals surface area (Å²) in [4.78, 5) is 0. The Balaban J connectivity index is 1.03. The Labute approximate surface area is 370 Å². The van der Waals surface area contributed by atoms with Gasteiger partial charge in [0.25, 0.3) is 0 Å². The van der Waals surface area contributed by atoms with Crippen LogP contribution in [-0.2, 0) is 0 Å². The van der Waals surface area contributed by atoms with Crippen molar-refractivity contribution in [2.45, 2.75) is 0 Å². The highest BCUT2D eigenvalue weighted by Crippen LogP contribution is 2.52. The summed E-state index contributed by atoms with van der Waals surface area (Å²) >= 11 is 0. The van der Waals surface area contributed by atoms with Crippen LogP contribution in [0.25, 0.3) is 132 Å². The first kappa shape index (κ1) is 35.2. The second-order valence-corrected chi connectivity index (χ2v) is 17.2. The fourth-order valence-electron chi connectivity index (χ4n) is 11.0. The van der Waals surface area contributed by atoms with Crippen LogP contribution in [0.3, 0.4) is 0 Å². The van der Waals surface area contributed by atoms with Crippen LogP contribution in [0.15, 0.2) is 231 Å². The Morgan fingerprint density at radius 1 is 0.234 bits per heavy atom. The summed E-state index contributed by atoms with van der Waals surface area (Å²) in [5.41, 5.74) is 19.6. The largest absolute Gasteiger partial charge is 0.309 e. The molecule has 0 saturated carbocycles. The SMILES string of the molecule is c1ccc(-n2c3ccccc3c3ccc(-c4cc(-c5ccc6c7ccccc7n(-c7ccccc7)c6c5)cc(-c5ccc6c7c(cccc57)-c5ccc7ccccc7c5-6)c4)cc32)cc1. The molecule has 0 unspecified atom stereocenters. The predicted molar refractivity (Wildman–Crippen MR) is 271 cm³/mol. The maximum Gasteiger partial charge on any atom is 0.0547 e. The number of nitrogens with zero attached hydrogens (tertiary/aromatic N) is 2. The first-order chi connectivity index (χ1) is 31.7. The highest BCUT2D eigenvalue weighted by atomic mass is 15.0. The van der Waals surface area contributed by atoms with Crippen LogP contribution < -0.4 is 0 Å². The lowest BCUT2D eigenvalue weighted by molar-refractivity contribution is 1.18. The zero-order chi connectivity index (χ0) is 41.9. The number of fused-ring (bicyclic) bond motifs is 11. The number of benzene rings is 11. The predicted octanol–water partition coefficient (Wildman–Crippen LogP) is 16.8. The molecule has 0 atom stereocenters. The second-order valence-electron chi connectivity index (χ2n) is 17.2. The van der Waals surface area contributed by atoms with Gasteiger partial charge in [0.05, 0.1) is 22.1 Å². The number of hydrogen-bond acceptors (Lipinski definition) is 0. The van der Waals surface area contributed by atoms with Gasteiger partial charge < -0.3 is 9.13 Å². The Hall–Kier alpha value is -8.46. The van der Waals surface area contributed by atoms with Crippen molar-refractivity contribution in [1.29, 1.82) is 0 Å². The summed E-state index contributed by atoms with van der Waals surface area (Å²) in [5, 5.41) is 10.2. The third-order valence-corrected chi connectivity index (χ3v) is 13.8. The molecule has 0 radical (unpaired) electrons. The Bertz CT molecular complexity index is 3880. The number of rotatable bonds is 5. The van der Waals surface area contributed by atoms with E-state index in [1.807, 2.05) is 0 Å². The molecular formula is C62H38N2. The second kappa shape index (κ2) is 13.5. The Morgan fingerprint density at radius 3 is 1.34 bits per heavy atom. The van der Waals surface area contributed by atoms with Crippen LogP contribution in [0.2, 0.25) is 0 Å². The molecule has 14 rings (SSSR count). The van der Waals surface area contributed by atoms with Crippen LogP contribution in [0.4, 0.5) is 0 Å². The van der Waals surface area contributed by atoms with E-state index in [1.54, 1.807) is 0 Å². The highest BCUT2D eigenvalue weighted by molar-refractivity contribution is 6.23. The first-order valence-electron chi connectivity index (χ1n) is 22.2. The van der Waals surface area contributed by atoms with Gasteiger partial charge in [0.1, 0.15) is 0 Å². The summed E-state index contributed by atoms with van der Waals surface area (Å²) in [6.45, 7) is 0. The van der Waals surface area contributed by atoms with Gasteiger partial charge in [-0.1, -0.05) is 164 Å². The molecule has 2 heterocycles. The topological polar surface area (TPSA) is 9.86 Å². The van der Waals surface area contributed by atoms with Gasteiger partial charge in [-0.3, -0.25) is 0 Å². The molecule has 2 aromatic heterocycles. The fourth-order valence-corrected chi connectivity index (χ4v) is 11.0. The van der Waals surface area contributed by atoms with Crippen LogP contribution in [-0.4, -0.2) is 9.13 Å². The van der Waals surface area contributed by atoms with Gasteiger partial charge in [-0.05, 0) is 144 Å². The van der Waals surface area contributed by atoms with E-state index in [0.29, 0.717) is 0 Å². The fraction of sp³-hybridized carbons (Fsp3) is 0. The maximum atomic E-state index is 2.42. The van der Waals surface area contributed by atoms with Crippen molar-refractivity contribution in [3.8, 4) is 67.0 Å². The van der Waals surface area contributed by atoms with E-state index in [9.17, 15) is 0 Å². The molecular weight excluding hydrogens is 773 g/mol. The van der Waals surface area contributed by atoms with E-state index in [-0.39, 0.29) is 0 Å². The zero-order valence-electron chi connectivity index (χ0n) is 34.8. The van der Waals surface area contributed by atoms with Gasteiger partial charge >= 0.3 is 0 Å². The van der Waals surface area contributed by atoms with E-state index in [1.165, 1.54) is 121 Å². The van der Waals surface area contributed by atoms with E-state index < -0.39 is 0 Å². The Morgan fingerprint density at radius 2 is 0.719 bits per heavy atom. The van der Waals surface area contributed by atoms with E-state index in [2.05, 4.69) is 240 Å². The van der Waals surface area contributed by atoms with Crippen LogP contribution >= 0.6 is 0 Å². The minimum atomic E-state index is 1.16. The van der Waals surface area contributed by atoms with E-state index >= 15 is 0 Å². The molecule has 0 spiro atoms. The molecule has 0 N–H and O–H groups in total. The molecule has 2 heteroatoms. The molecule has 0 amide bonds. The van der Waals surface area contributed by atoms with Crippen molar-refractivity contribution in [2.75, 3.05) is 0 Å². The molecule has 1 aliphatic carbocycles. The quantitative estimate of drug-likeness (QED) is 0.164. The van der Waals surface area contributed by atoms with Gasteiger partial charge in [0.2, 0.25) is 0 Å². The van der Waals surface area contributed by atoms with Crippen molar-refractivity contribution in [3.63, 3.8) is 0 Å². The minimum absolute atomic E-state index is 1.16. The van der Waals surface area contributed by atoms with Crippen LogP contribution in [0.5, 0.6) is 0 Å². The summed E-state index contributed by atoms with van der Waals surface area (Å²) in [6, 6.07) is 85.4. The number of aromatic nitrogens is 2. The van der Waals surface area contributed by atoms with E-state index in [0.717, 1.165) is 11.4 Å². The third kappa shape index (κ3) is 5.08. The Kier molecular flexibility index (Phi) is 7.43.